The van der Waals surface area contributed by atoms with Gasteiger partial charge in [0.05, 0.1) is 12.1 Å². The summed E-state index contributed by atoms with van der Waals surface area (Å²) in [5.74, 6) is -0.928. The molecule has 5 nitrogen and oxygen atoms in total. The number of carboxylic acid groups (broad SMARTS) is 1. The van der Waals surface area contributed by atoms with E-state index >= 15 is 0 Å². The summed E-state index contributed by atoms with van der Waals surface area (Å²) in [6, 6.07) is 7.15. The molecule has 0 aliphatic heterocycles. The summed E-state index contributed by atoms with van der Waals surface area (Å²) >= 11 is 0. The Morgan fingerprint density at radius 2 is 1.95 bits per heavy atom. The number of nitrogens with zero attached hydrogens (tertiary/aromatic N) is 1. The van der Waals surface area contributed by atoms with Gasteiger partial charge in [-0.3, -0.25) is 4.79 Å². The predicted molar refractivity (Wildman–Crippen MR) is 77.9 cm³/mol. The third kappa shape index (κ3) is 5.01. The topological polar surface area (TPSA) is 69.6 Å². The molecule has 0 heterocycles. The van der Waals surface area contributed by atoms with E-state index in [0.29, 0.717) is 25.1 Å². The summed E-state index contributed by atoms with van der Waals surface area (Å²) in [5.41, 5.74) is 1.05. The molecule has 0 aromatic heterocycles. The molecule has 0 saturated heterocycles. The number of hydrogen-bond acceptors (Lipinski definition) is 3. The third-order valence-corrected chi connectivity index (χ3v) is 3.05. The number of aromatic carboxylic acids is 1. The number of benzene rings is 1. The summed E-state index contributed by atoms with van der Waals surface area (Å²) < 4.78 is 0. The number of rotatable bonds is 7. The van der Waals surface area contributed by atoms with Crippen molar-refractivity contribution in [1.29, 1.82) is 0 Å². The zero-order valence-corrected chi connectivity index (χ0v) is 12.2. The van der Waals surface area contributed by atoms with Gasteiger partial charge in [-0.15, -0.1) is 0 Å². The van der Waals surface area contributed by atoms with Gasteiger partial charge < -0.3 is 15.3 Å². The molecule has 0 spiro atoms. The van der Waals surface area contributed by atoms with Crippen LogP contribution < -0.4 is 5.32 Å². The van der Waals surface area contributed by atoms with Gasteiger partial charge in [0.25, 0.3) is 0 Å². The normalized spacial score (nSPS) is 10.6. The smallest absolute Gasteiger partial charge is 0.335 e. The first-order valence-corrected chi connectivity index (χ1v) is 6.70. The molecule has 0 saturated carbocycles. The van der Waals surface area contributed by atoms with E-state index in [1.165, 1.54) is 0 Å². The van der Waals surface area contributed by atoms with E-state index in [-0.39, 0.29) is 11.9 Å². The largest absolute Gasteiger partial charge is 0.478 e. The molecule has 0 aliphatic rings. The number of carbonyl (C=O) groups excluding carboxylic acids is 1. The van der Waals surface area contributed by atoms with Crippen LogP contribution in [0.1, 0.15) is 29.8 Å². The lowest BCUT2D eigenvalue weighted by molar-refractivity contribution is -0.129. The van der Waals surface area contributed by atoms with Crippen LogP contribution >= 0.6 is 0 Å². The summed E-state index contributed by atoms with van der Waals surface area (Å²) in [4.78, 5) is 24.5. The van der Waals surface area contributed by atoms with Crippen molar-refractivity contribution in [2.45, 2.75) is 26.3 Å². The highest BCUT2D eigenvalue weighted by atomic mass is 16.4. The summed E-state index contributed by atoms with van der Waals surface area (Å²) in [7, 11) is 1.73. The molecule has 0 radical (unpaired) electrons. The van der Waals surface area contributed by atoms with Crippen molar-refractivity contribution in [2.24, 2.45) is 0 Å². The lowest BCUT2D eigenvalue weighted by Gasteiger charge is -2.19. The van der Waals surface area contributed by atoms with E-state index < -0.39 is 5.97 Å². The van der Waals surface area contributed by atoms with E-state index in [1.807, 2.05) is 19.9 Å². The number of carbonyl (C=O) groups is 2. The Labute approximate surface area is 119 Å². The van der Waals surface area contributed by atoms with Gasteiger partial charge in [0.2, 0.25) is 5.91 Å². The molecule has 2 N–H and O–H groups in total. The third-order valence-electron chi connectivity index (χ3n) is 3.05. The van der Waals surface area contributed by atoms with Crippen molar-refractivity contribution in [1.82, 2.24) is 10.2 Å². The van der Waals surface area contributed by atoms with Crippen molar-refractivity contribution < 1.29 is 14.7 Å². The van der Waals surface area contributed by atoms with Crippen molar-refractivity contribution in [3.63, 3.8) is 0 Å². The van der Waals surface area contributed by atoms with Crippen LogP contribution in [0.15, 0.2) is 24.3 Å². The Morgan fingerprint density at radius 1 is 1.30 bits per heavy atom. The van der Waals surface area contributed by atoms with Gasteiger partial charge >= 0.3 is 5.97 Å². The van der Waals surface area contributed by atoms with E-state index in [4.69, 9.17) is 5.11 Å². The van der Waals surface area contributed by atoms with E-state index in [1.54, 1.807) is 30.1 Å². The van der Waals surface area contributed by atoms with E-state index in [2.05, 4.69) is 5.32 Å². The van der Waals surface area contributed by atoms with Crippen LogP contribution in [-0.4, -0.2) is 48.1 Å². The van der Waals surface area contributed by atoms with Crippen LogP contribution in [0.25, 0.3) is 0 Å². The monoisotopic (exact) mass is 278 g/mol. The molecular weight excluding hydrogens is 256 g/mol. The number of carboxylic acids is 1. The number of likely N-dealkylation sites (N-methyl/N-ethyl adjacent to an activating group) is 1. The van der Waals surface area contributed by atoms with E-state index in [0.717, 1.165) is 5.56 Å². The molecule has 0 unspecified atom stereocenters. The molecule has 0 atom stereocenters. The van der Waals surface area contributed by atoms with Crippen molar-refractivity contribution >= 4 is 11.9 Å². The lowest BCUT2D eigenvalue weighted by Crippen LogP contribution is -2.39. The Balaban J connectivity index is 2.54. The van der Waals surface area contributed by atoms with Crippen LogP contribution in [0.3, 0.4) is 0 Å². The SMILES string of the molecule is CC(C)NCC(=O)N(C)CCc1ccccc1C(=O)O. The summed E-state index contributed by atoms with van der Waals surface area (Å²) in [6.45, 7) is 4.77. The fourth-order valence-electron chi connectivity index (χ4n) is 1.79. The van der Waals surface area contributed by atoms with Crippen LogP contribution in [-0.2, 0) is 11.2 Å². The molecule has 5 heteroatoms. The minimum absolute atomic E-state index is 0.00602. The maximum atomic E-state index is 11.8. The van der Waals surface area contributed by atoms with E-state index in [9.17, 15) is 9.59 Å². The van der Waals surface area contributed by atoms with Crippen molar-refractivity contribution in [3.05, 3.63) is 35.4 Å². The standard InChI is InChI=1S/C15H22N2O3/c1-11(2)16-10-14(18)17(3)9-8-12-6-4-5-7-13(12)15(19)20/h4-7,11,16H,8-10H2,1-3H3,(H,19,20). The van der Waals surface area contributed by atoms with Gasteiger partial charge in [-0.1, -0.05) is 32.0 Å². The molecule has 1 amide bonds. The average molecular weight is 278 g/mol. The maximum absolute atomic E-state index is 11.8. The van der Waals surface area contributed by atoms with Gasteiger partial charge in [-0.2, -0.15) is 0 Å². The highest BCUT2D eigenvalue weighted by Gasteiger charge is 2.12. The first-order valence-electron chi connectivity index (χ1n) is 6.70. The second-order valence-corrected chi connectivity index (χ2v) is 5.06. The highest BCUT2D eigenvalue weighted by Crippen LogP contribution is 2.10. The molecule has 1 aromatic rings. The Kier molecular flexibility index (Phi) is 6.18. The highest BCUT2D eigenvalue weighted by molar-refractivity contribution is 5.89. The van der Waals surface area contributed by atoms with Crippen LogP contribution in [0, 0.1) is 0 Å². The van der Waals surface area contributed by atoms with Crippen LogP contribution in [0.5, 0.6) is 0 Å². The van der Waals surface area contributed by atoms with Gasteiger partial charge in [0.1, 0.15) is 0 Å². The Hall–Kier alpha value is -1.88. The van der Waals surface area contributed by atoms with Gasteiger partial charge in [-0.05, 0) is 18.1 Å². The quantitative estimate of drug-likeness (QED) is 0.790. The van der Waals surface area contributed by atoms with Crippen molar-refractivity contribution in [3.8, 4) is 0 Å². The number of nitrogens with one attached hydrogen (secondary N) is 1. The molecule has 1 rings (SSSR count). The maximum Gasteiger partial charge on any atom is 0.335 e. The average Bonchev–Trinajstić information content (AvgIpc) is 2.42. The molecular formula is C15H22N2O3. The summed E-state index contributed by atoms with van der Waals surface area (Å²) in [6.07, 6.45) is 0.534. The second-order valence-electron chi connectivity index (χ2n) is 5.06. The first-order chi connectivity index (χ1) is 9.41. The van der Waals surface area contributed by atoms with Crippen LogP contribution in [0.4, 0.5) is 0 Å². The molecule has 1 aromatic carbocycles. The number of hydrogen-bond donors (Lipinski definition) is 2. The van der Waals surface area contributed by atoms with Gasteiger partial charge in [0, 0.05) is 19.6 Å². The Morgan fingerprint density at radius 3 is 2.55 bits per heavy atom. The van der Waals surface area contributed by atoms with Crippen LogP contribution in [0.2, 0.25) is 0 Å². The fourth-order valence-corrected chi connectivity index (χ4v) is 1.79. The minimum Gasteiger partial charge on any atom is -0.478 e. The molecule has 0 aliphatic carbocycles. The first kappa shape index (κ1) is 16.2. The Bertz CT molecular complexity index is 472. The molecule has 20 heavy (non-hydrogen) atoms. The molecule has 110 valence electrons. The number of amides is 1. The predicted octanol–water partition coefficient (Wildman–Crippen LogP) is 1.38. The zero-order chi connectivity index (χ0) is 15.1. The second kappa shape index (κ2) is 7.65. The summed E-state index contributed by atoms with van der Waals surface area (Å²) in [5, 5.41) is 12.2. The molecule has 0 bridgehead atoms. The van der Waals surface area contributed by atoms with Gasteiger partial charge in [0.15, 0.2) is 0 Å². The minimum atomic E-state index is -0.934. The molecule has 0 fully saturated rings. The lowest BCUT2D eigenvalue weighted by atomic mass is 10.0. The van der Waals surface area contributed by atoms with Crippen molar-refractivity contribution in [2.75, 3.05) is 20.1 Å². The zero-order valence-electron chi connectivity index (χ0n) is 12.2. The fraction of sp³-hybridized carbons (Fsp3) is 0.467. The van der Waals surface area contributed by atoms with Gasteiger partial charge in [-0.25, -0.2) is 4.79 Å².